The lowest BCUT2D eigenvalue weighted by atomic mass is 10.1. The Kier molecular flexibility index (Phi) is 4.29. The van der Waals surface area contributed by atoms with Crippen LogP contribution in [0.1, 0.15) is 28.6 Å². The van der Waals surface area contributed by atoms with E-state index in [2.05, 4.69) is 25.9 Å². The molecule has 2 unspecified atom stereocenters. The van der Waals surface area contributed by atoms with Crippen LogP contribution in [-0.4, -0.2) is 56.5 Å². The van der Waals surface area contributed by atoms with Crippen LogP contribution in [0, 0.1) is 0 Å². The van der Waals surface area contributed by atoms with Gasteiger partial charge >= 0.3 is 0 Å². The summed E-state index contributed by atoms with van der Waals surface area (Å²) in [5.41, 5.74) is 6.04. The third kappa shape index (κ3) is 3.19. The van der Waals surface area contributed by atoms with Crippen LogP contribution in [0.2, 0.25) is 0 Å². The van der Waals surface area contributed by atoms with E-state index in [9.17, 15) is 9.59 Å². The number of aromatic nitrogens is 4. The molecule has 0 radical (unpaired) electrons. The van der Waals surface area contributed by atoms with Gasteiger partial charge in [0, 0.05) is 18.2 Å². The van der Waals surface area contributed by atoms with Gasteiger partial charge in [-0.15, -0.1) is 10.2 Å². The molecule has 2 atom stereocenters. The molecule has 4 N–H and O–H groups in total. The van der Waals surface area contributed by atoms with E-state index in [4.69, 9.17) is 5.73 Å². The number of carbonyl (C=O) groups is 2. The van der Waals surface area contributed by atoms with Crippen molar-refractivity contribution in [2.75, 3.05) is 13.1 Å². The number of aromatic amines is 1. The zero-order chi connectivity index (χ0) is 16.2. The standard InChI is InChI=1S/C14H17N7O2/c15-7-12(22)21-8-10(6-11(21)13-17-19-20-18-13)16-14(23)9-4-2-1-3-5-9/h1-5,10-11H,6-8,15H2,(H,16,23)(H,17,18,19,20). The van der Waals surface area contributed by atoms with Gasteiger partial charge in [0.2, 0.25) is 5.91 Å². The first-order valence-electron chi connectivity index (χ1n) is 7.28. The van der Waals surface area contributed by atoms with E-state index in [1.54, 1.807) is 29.2 Å². The van der Waals surface area contributed by atoms with Crippen LogP contribution in [0.25, 0.3) is 0 Å². The molecule has 9 nitrogen and oxygen atoms in total. The summed E-state index contributed by atoms with van der Waals surface area (Å²) in [4.78, 5) is 25.9. The summed E-state index contributed by atoms with van der Waals surface area (Å²) >= 11 is 0. The number of nitrogens with zero attached hydrogens (tertiary/aromatic N) is 4. The minimum Gasteiger partial charge on any atom is -0.347 e. The van der Waals surface area contributed by atoms with Crippen molar-refractivity contribution in [3.63, 3.8) is 0 Å². The fourth-order valence-corrected chi connectivity index (χ4v) is 2.75. The van der Waals surface area contributed by atoms with Crippen molar-refractivity contribution in [3.8, 4) is 0 Å². The van der Waals surface area contributed by atoms with Gasteiger partial charge in [-0.25, -0.2) is 0 Å². The third-order valence-corrected chi connectivity index (χ3v) is 3.83. The molecule has 1 aliphatic rings. The van der Waals surface area contributed by atoms with Crippen LogP contribution >= 0.6 is 0 Å². The quantitative estimate of drug-likeness (QED) is 0.679. The molecular formula is C14H17N7O2. The lowest BCUT2D eigenvalue weighted by Crippen LogP contribution is -2.40. The van der Waals surface area contributed by atoms with E-state index in [0.29, 0.717) is 24.4 Å². The number of rotatable bonds is 4. The van der Waals surface area contributed by atoms with Crippen molar-refractivity contribution < 1.29 is 9.59 Å². The van der Waals surface area contributed by atoms with Gasteiger partial charge in [0.25, 0.3) is 5.91 Å². The predicted molar refractivity (Wildman–Crippen MR) is 80.0 cm³/mol. The molecule has 0 bridgehead atoms. The molecule has 9 heteroatoms. The monoisotopic (exact) mass is 315 g/mol. The van der Waals surface area contributed by atoms with Gasteiger partial charge in [-0.05, 0) is 18.6 Å². The molecule has 0 spiro atoms. The van der Waals surface area contributed by atoms with E-state index in [-0.39, 0.29) is 30.4 Å². The lowest BCUT2D eigenvalue weighted by molar-refractivity contribution is -0.130. The summed E-state index contributed by atoms with van der Waals surface area (Å²) in [6, 6.07) is 8.40. The highest BCUT2D eigenvalue weighted by Gasteiger charge is 2.38. The maximum Gasteiger partial charge on any atom is 0.251 e. The first kappa shape index (κ1) is 15.1. The molecule has 1 saturated heterocycles. The van der Waals surface area contributed by atoms with Crippen LogP contribution in [0.15, 0.2) is 30.3 Å². The molecule has 2 heterocycles. The van der Waals surface area contributed by atoms with Gasteiger partial charge in [-0.1, -0.05) is 23.4 Å². The van der Waals surface area contributed by atoms with Crippen LogP contribution in [0.3, 0.4) is 0 Å². The zero-order valence-corrected chi connectivity index (χ0v) is 12.3. The molecule has 1 aromatic heterocycles. The molecule has 2 amide bonds. The molecular weight excluding hydrogens is 298 g/mol. The molecule has 1 fully saturated rings. The Bertz CT molecular complexity index is 674. The van der Waals surface area contributed by atoms with Crippen molar-refractivity contribution in [2.24, 2.45) is 5.73 Å². The summed E-state index contributed by atoms with van der Waals surface area (Å²) in [6.07, 6.45) is 0.518. The summed E-state index contributed by atoms with van der Waals surface area (Å²) in [5.74, 6) is 0.0315. The summed E-state index contributed by atoms with van der Waals surface area (Å²) in [7, 11) is 0. The van der Waals surface area contributed by atoms with Gasteiger partial charge in [-0.2, -0.15) is 5.21 Å². The fraction of sp³-hybridized carbons (Fsp3) is 0.357. The Labute approximate surface area is 132 Å². The van der Waals surface area contributed by atoms with Gasteiger partial charge in [0.1, 0.15) is 0 Å². The topological polar surface area (TPSA) is 130 Å². The normalized spacial score (nSPS) is 20.5. The second-order valence-corrected chi connectivity index (χ2v) is 5.31. The first-order chi connectivity index (χ1) is 11.2. The molecule has 3 rings (SSSR count). The maximum atomic E-state index is 12.3. The number of tetrazole rings is 1. The number of likely N-dealkylation sites (tertiary alicyclic amines) is 1. The third-order valence-electron chi connectivity index (χ3n) is 3.83. The smallest absolute Gasteiger partial charge is 0.251 e. The number of benzene rings is 1. The van der Waals surface area contributed by atoms with Gasteiger partial charge in [0.15, 0.2) is 5.82 Å². The number of hydrogen-bond donors (Lipinski definition) is 3. The second kappa shape index (κ2) is 6.53. The fourth-order valence-electron chi connectivity index (χ4n) is 2.75. The van der Waals surface area contributed by atoms with Crippen LogP contribution in [-0.2, 0) is 4.79 Å². The minimum atomic E-state index is -0.342. The van der Waals surface area contributed by atoms with E-state index in [1.165, 1.54) is 0 Å². The lowest BCUT2D eigenvalue weighted by Gasteiger charge is -2.21. The number of hydrogen-bond acceptors (Lipinski definition) is 6. The Balaban J connectivity index is 1.72. The SMILES string of the molecule is NCC(=O)N1CC(NC(=O)c2ccccc2)CC1c1nn[nH]n1. The molecule has 0 aliphatic carbocycles. The first-order valence-corrected chi connectivity index (χ1v) is 7.28. The van der Waals surface area contributed by atoms with Crippen LogP contribution in [0.5, 0.6) is 0 Å². The Hall–Kier alpha value is -2.81. The molecule has 1 aliphatic heterocycles. The van der Waals surface area contributed by atoms with Crippen molar-refractivity contribution >= 4 is 11.8 Å². The van der Waals surface area contributed by atoms with Crippen LogP contribution in [0.4, 0.5) is 0 Å². The average molecular weight is 315 g/mol. The van der Waals surface area contributed by atoms with Crippen molar-refractivity contribution in [3.05, 3.63) is 41.7 Å². The largest absolute Gasteiger partial charge is 0.347 e. The highest BCUT2D eigenvalue weighted by atomic mass is 16.2. The number of H-pyrrole nitrogens is 1. The zero-order valence-electron chi connectivity index (χ0n) is 12.3. The molecule has 0 saturated carbocycles. The number of carbonyl (C=O) groups excluding carboxylic acids is 2. The minimum absolute atomic E-state index is 0.103. The average Bonchev–Trinajstić information content (AvgIpc) is 3.24. The van der Waals surface area contributed by atoms with E-state index in [1.807, 2.05) is 6.07 Å². The second-order valence-electron chi connectivity index (χ2n) is 5.31. The number of amides is 2. The highest BCUT2D eigenvalue weighted by Crippen LogP contribution is 2.29. The summed E-state index contributed by atoms with van der Waals surface area (Å²) < 4.78 is 0. The van der Waals surface area contributed by atoms with Crippen LogP contribution < -0.4 is 11.1 Å². The summed E-state index contributed by atoms with van der Waals surface area (Å²) in [5, 5.41) is 16.7. The van der Waals surface area contributed by atoms with E-state index >= 15 is 0 Å². The maximum absolute atomic E-state index is 12.3. The van der Waals surface area contributed by atoms with Crippen molar-refractivity contribution in [2.45, 2.75) is 18.5 Å². The Morgan fingerprint density at radius 2 is 2.13 bits per heavy atom. The van der Waals surface area contributed by atoms with Crippen molar-refractivity contribution in [1.29, 1.82) is 0 Å². The van der Waals surface area contributed by atoms with Gasteiger partial charge in [-0.3, -0.25) is 9.59 Å². The van der Waals surface area contributed by atoms with Crippen molar-refractivity contribution in [1.82, 2.24) is 30.8 Å². The predicted octanol–water partition coefficient (Wildman–Crippen LogP) is -0.770. The van der Waals surface area contributed by atoms with Gasteiger partial charge < -0.3 is 16.0 Å². The molecule has 1 aromatic carbocycles. The molecule has 120 valence electrons. The number of nitrogens with one attached hydrogen (secondary N) is 2. The molecule has 23 heavy (non-hydrogen) atoms. The van der Waals surface area contributed by atoms with E-state index < -0.39 is 0 Å². The van der Waals surface area contributed by atoms with Gasteiger partial charge in [0.05, 0.1) is 12.6 Å². The Morgan fingerprint density at radius 1 is 1.35 bits per heavy atom. The Morgan fingerprint density at radius 3 is 2.78 bits per heavy atom. The molecule has 2 aromatic rings. The number of nitrogens with two attached hydrogens (primary N) is 1. The highest BCUT2D eigenvalue weighted by molar-refractivity contribution is 5.94. The van der Waals surface area contributed by atoms with E-state index in [0.717, 1.165) is 0 Å². The summed E-state index contributed by atoms with van der Waals surface area (Å²) in [6.45, 7) is 0.265.